The minimum absolute atomic E-state index is 0.143. The first-order valence-corrected chi connectivity index (χ1v) is 12.6. The summed E-state index contributed by atoms with van der Waals surface area (Å²) < 4.78 is 6.06. The third-order valence-electron chi connectivity index (χ3n) is 6.77. The monoisotopic (exact) mass is 470 g/mol. The Hall–Kier alpha value is -1.17. The van der Waals surface area contributed by atoms with Gasteiger partial charge in [0.25, 0.3) is 0 Å². The summed E-state index contributed by atoms with van der Waals surface area (Å²) in [4.78, 5) is 13.2. The predicted octanol–water partition coefficient (Wildman–Crippen LogP) is 6.61. The van der Waals surface area contributed by atoms with Crippen LogP contribution in [-0.2, 0) is 0 Å². The van der Waals surface area contributed by atoms with Crippen molar-refractivity contribution in [3.8, 4) is 5.75 Å². The van der Waals surface area contributed by atoms with E-state index in [0.29, 0.717) is 15.8 Å². The largest absolute Gasteiger partial charge is 0.489 e. The van der Waals surface area contributed by atoms with E-state index in [9.17, 15) is 4.79 Å². The Balaban J connectivity index is 0.000000610. The fraction of sp³-hybridized carbons (Fsp3) is 0.708. The lowest BCUT2D eigenvalue weighted by Crippen LogP contribution is -2.40. The highest BCUT2D eigenvalue weighted by Gasteiger charge is 2.25. The lowest BCUT2D eigenvalue weighted by Gasteiger charge is -2.34. The number of rotatable bonds is 6. The van der Waals surface area contributed by atoms with Gasteiger partial charge in [0.15, 0.2) is 0 Å². The van der Waals surface area contributed by atoms with Crippen LogP contribution in [0.25, 0.3) is 0 Å². The lowest BCUT2D eigenvalue weighted by molar-refractivity contribution is 0.0949. The number of piperidine rings is 1. The van der Waals surface area contributed by atoms with E-state index in [1.807, 2.05) is 12.1 Å². The second kappa shape index (κ2) is 12.8. The van der Waals surface area contributed by atoms with Crippen LogP contribution in [0.4, 0.5) is 4.79 Å². The summed E-state index contributed by atoms with van der Waals surface area (Å²) in [5.41, 5.74) is 0. The summed E-state index contributed by atoms with van der Waals surface area (Å²) in [6, 6.07) is 5.64. The molecule has 1 aromatic rings. The van der Waals surface area contributed by atoms with Crippen molar-refractivity contribution in [2.45, 2.75) is 82.8 Å². The highest BCUT2D eigenvalue weighted by Crippen LogP contribution is 2.33. The number of amides is 1. The molecule has 4 rings (SSSR count). The fourth-order valence-electron chi connectivity index (χ4n) is 4.39. The Bertz CT molecular complexity index is 679. The number of carbonyl (C=O) groups is 1. The summed E-state index contributed by atoms with van der Waals surface area (Å²) in [6.07, 6.45) is 12.7. The number of nitrogens with one attached hydrogen (secondary N) is 1. The first kappa shape index (κ1) is 24.5. The Morgan fingerprint density at radius 2 is 1.68 bits per heavy atom. The van der Waals surface area contributed by atoms with Crippen LogP contribution in [0.1, 0.15) is 70.6 Å². The molecule has 1 aliphatic heterocycles. The number of nitrogens with zero attached hydrogens (tertiary/aromatic N) is 1. The van der Waals surface area contributed by atoms with Gasteiger partial charge in [-0.15, -0.1) is 0 Å². The third-order valence-corrected chi connectivity index (χ3v) is 7.57. The standard InChI is InChI=1S/C20H28Cl2N2O3.C4H8/c21-17-2-1-3-18(19(17)22)27-16-9-12-24(13-10-16)11-8-14-4-6-15(7-5-14)23-20(25)26;1-2-4-3-1/h1-3,14-16,23H,4-13H2,(H,25,26);1-4H2. The van der Waals surface area contributed by atoms with Crippen LogP contribution in [0, 0.1) is 5.92 Å². The zero-order valence-corrected chi connectivity index (χ0v) is 19.8. The number of benzene rings is 1. The van der Waals surface area contributed by atoms with E-state index >= 15 is 0 Å². The van der Waals surface area contributed by atoms with Gasteiger partial charge in [-0.25, -0.2) is 4.79 Å². The molecule has 0 spiro atoms. The van der Waals surface area contributed by atoms with E-state index < -0.39 is 6.09 Å². The number of hydrogen-bond donors (Lipinski definition) is 2. The molecule has 3 aliphatic rings. The molecular weight excluding hydrogens is 435 g/mol. The predicted molar refractivity (Wildman–Crippen MR) is 127 cm³/mol. The zero-order chi connectivity index (χ0) is 22.1. The van der Waals surface area contributed by atoms with E-state index in [1.165, 1.54) is 32.1 Å². The molecule has 2 saturated carbocycles. The van der Waals surface area contributed by atoms with Gasteiger partial charge in [0, 0.05) is 19.1 Å². The van der Waals surface area contributed by atoms with E-state index in [1.54, 1.807) is 6.07 Å². The first-order valence-electron chi connectivity index (χ1n) is 11.8. The molecule has 0 aromatic heterocycles. The maximum atomic E-state index is 10.7. The van der Waals surface area contributed by atoms with Gasteiger partial charge in [0.05, 0.1) is 5.02 Å². The third kappa shape index (κ3) is 8.36. The van der Waals surface area contributed by atoms with Crippen LogP contribution in [-0.4, -0.2) is 47.9 Å². The van der Waals surface area contributed by atoms with Crippen molar-refractivity contribution >= 4 is 29.3 Å². The Morgan fingerprint density at radius 1 is 1.03 bits per heavy atom. The molecule has 2 N–H and O–H groups in total. The van der Waals surface area contributed by atoms with Crippen molar-refractivity contribution in [3.63, 3.8) is 0 Å². The molecule has 5 nitrogen and oxygen atoms in total. The molecule has 1 heterocycles. The van der Waals surface area contributed by atoms with Crippen molar-refractivity contribution in [2.75, 3.05) is 19.6 Å². The maximum absolute atomic E-state index is 10.7. The van der Waals surface area contributed by atoms with Crippen molar-refractivity contribution in [2.24, 2.45) is 5.92 Å². The zero-order valence-electron chi connectivity index (χ0n) is 18.3. The minimum atomic E-state index is -0.900. The molecule has 0 unspecified atom stereocenters. The number of halogens is 2. The Labute approximate surface area is 196 Å². The van der Waals surface area contributed by atoms with Gasteiger partial charge in [-0.05, 0) is 69.5 Å². The molecule has 0 atom stereocenters. The fourth-order valence-corrected chi connectivity index (χ4v) is 4.73. The Morgan fingerprint density at radius 3 is 2.26 bits per heavy atom. The quantitative estimate of drug-likeness (QED) is 0.490. The summed E-state index contributed by atoms with van der Waals surface area (Å²) in [7, 11) is 0. The van der Waals surface area contributed by atoms with Crippen LogP contribution in [0.2, 0.25) is 10.0 Å². The lowest BCUT2D eigenvalue weighted by atomic mass is 9.84. The van der Waals surface area contributed by atoms with Gasteiger partial charge < -0.3 is 20.1 Å². The maximum Gasteiger partial charge on any atom is 0.404 e. The molecule has 0 radical (unpaired) electrons. The van der Waals surface area contributed by atoms with Gasteiger partial charge in [0.1, 0.15) is 16.9 Å². The van der Waals surface area contributed by atoms with Crippen LogP contribution in [0.15, 0.2) is 18.2 Å². The second-order valence-corrected chi connectivity index (χ2v) is 9.87. The molecule has 31 heavy (non-hydrogen) atoms. The van der Waals surface area contributed by atoms with E-state index in [2.05, 4.69) is 10.2 Å². The van der Waals surface area contributed by atoms with Gasteiger partial charge in [-0.2, -0.15) is 0 Å². The van der Waals surface area contributed by atoms with Gasteiger partial charge in [-0.1, -0.05) is 55.0 Å². The minimum Gasteiger partial charge on any atom is -0.489 e. The SMILES string of the molecule is C1CCC1.O=C(O)NC1CCC(CCN2CCC(Oc3cccc(Cl)c3Cl)CC2)CC1. The smallest absolute Gasteiger partial charge is 0.404 e. The summed E-state index contributed by atoms with van der Waals surface area (Å²) in [6.45, 7) is 3.20. The molecular formula is C24H36Cl2N2O3. The molecule has 174 valence electrons. The molecule has 7 heteroatoms. The van der Waals surface area contributed by atoms with Gasteiger partial charge >= 0.3 is 6.09 Å². The first-order chi connectivity index (χ1) is 15.0. The summed E-state index contributed by atoms with van der Waals surface area (Å²) in [5.74, 6) is 1.39. The van der Waals surface area contributed by atoms with E-state index in [0.717, 1.165) is 64.1 Å². The number of likely N-dealkylation sites (tertiary alicyclic amines) is 1. The van der Waals surface area contributed by atoms with E-state index in [4.69, 9.17) is 33.0 Å². The molecule has 2 aliphatic carbocycles. The normalized spacial score (nSPS) is 24.5. The van der Waals surface area contributed by atoms with Gasteiger partial charge in [-0.3, -0.25) is 0 Å². The molecule has 1 saturated heterocycles. The Kier molecular flexibility index (Phi) is 10.1. The highest BCUT2D eigenvalue weighted by atomic mass is 35.5. The molecule has 0 bridgehead atoms. The topological polar surface area (TPSA) is 61.8 Å². The molecule has 1 aromatic carbocycles. The molecule has 1 amide bonds. The summed E-state index contributed by atoms with van der Waals surface area (Å²) >= 11 is 12.3. The van der Waals surface area contributed by atoms with Crippen LogP contribution in [0.3, 0.4) is 0 Å². The van der Waals surface area contributed by atoms with Crippen molar-refractivity contribution in [1.29, 1.82) is 0 Å². The number of carboxylic acid groups (broad SMARTS) is 1. The number of ether oxygens (including phenoxy) is 1. The summed E-state index contributed by atoms with van der Waals surface area (Å²) in [5, 5.41) is 12.4. The highest BCUT2D eigenvalue weighted by molar-refractivity contribution is 6.42. The van der Waals surface area contributed by atoms with Crippen LogP contribution >= 0.6 is 23.2 Å². The van der Waals surface area contributed by atoms with Crippen molar-refractivity contribution in [1.82, 2.24) is 10.2 Å². The van der Waals surface area contributed by atoms with Crippen LogP contribution in [0.5, 0.6) is 5.75 Å². The average Bonchev–Trinajstić information content (AvgIpc) is 2.70. The molecule has 3 fully saturated rings. The number of hydrogen-bond acceptors (Lipinski definition) is 3. The van der Waals surface area contributed by atoms with Crippen molar-refractivity contribution in [3.05, 3.63) is 28.2 Å². The second-order valence-electron chi connectivity index (χ2n) is 9.08. The van der Waals surface area contributed by atoms with Crippen LogP contribution < -0.4 is 10.1 Å². The van der Waals surface area contributed by atoms with E-state index in [-0.39, 0.29) is 12.1 Å². The van der Waals surface area contributed by atoms with Gasteiger partial charge in [0.2, 0.25) is 0 Å². The van der Waals surface area contributed by atoms with Crippen molar-refractivity contribution < 1.29 is 14.6 Å². The average molecular weight is 471 g/mol.